The molecule has 50 valence electrons. The van der Waals surface area contributed by atoms with E-state index in [4.69, 9.17) is 0 Å². The van der Waals surface area contributed by atoms with Crippen LogP contribution in [0.1, 0.15) is 0 Å². The Kier molecular flexibility index (Phi) is 1.85. The number of ether oxygens (including phenoxy) is 1. The molecular weight excluding hydrogens is 118 g/mol. The molecular formula is C6H9NO2. The van der Waals surface area contributed by atoms with E-state index in [1.54, 1.807) is 0 Å². The Labute approximate surface area is 53.9 Å². The Morgan fingerprint density at radius 3 is 2.89 bits per heavy atom. The molecule has 0 aromatic carbocycles. The van der Waals surface area contributed by atoms with Crippen molar-refractivity contribution in [1.82, 2.24) is 4.90 Å². The third kappa shape index (κ3) is 2.28. The van der Waals surface area contributed by atoms with Crippen LogP contribution in [0.5, 0.6) is 0 Å². The fraction of sp³-hybridized carbons (Fsp3) is 0.500. The molecule has 0 N–H and O–H groups in total. The molecule has 1 rings (SSSR count). The molecule has 0 aromatic rings. The van der Waals surface area contributed by atoms with Gasteiger partial charge in [0.2, 0.25) is 0 Å². The molecule has 0 spiro atoms. The van der Waals surface area contributed by atoms with Crippen LogP contribution in [-0.2, 0) is 9.53 Å². The second-order valence-corrected chi connectivity index (χ2v) is 1.91. The number of carbonyl (C=O) groups is 1. The summed E-state index contributed by atoms with van der Waals surface area (Å²) in [7, 11) is 0. The highest BCUT2D eigenvalue weighted by Crippen LogP contribution is 2.01. The van der Waals surface area contributed by atoms with Crippen molar-refractivity contribution in [2.24, 2.45) is 0 Å². The predicted octanol–water partition coefficient (Wildman–Crippen LogP) is -0.0113. The van der Waals surface area contributed by atoms with Gasteiger partial charge in [-0.1, -0.05) is 6.58 Å². The van der Waals surface area contributed by atoms with Gasteiger partial charge >= 0.3 is 5.97 Å². The van der Waals surface area contributed by atoms with E-state index in [9.17, 15) is 4.79 Å². The molecule has 0 bridgehead atoms. The fourth-order valence-corrected chi connectivity index (χ4v) is 0.414. The number of hydrogen-bond acceptors (Lipinski definition) is 3. The average Bonchev–Trinajstić information content (AvgIpc) is 2.65. The summed E-state index contributed by atoms with van der Waals surface area (Å²) < 4.78 is 4.68. The van der Waals surface area contributed by atoms with Crippen LogP contribution in [0.2, 0.25) is 0 Å². The Bertz CT molecular complexity index is 129. The molecule has 1 saturated heterocycles. The van der Waals surface area contributed by atoms with E-state index in [2.05, 4.69) is 11.3 Å². The SMILES string of the molecule is C=CC(=O)OCN1CC1. The van der Waals surface area contributed by atoms with E-state index in [1.165, 1.54) is 6.08 Å². The smallest absolute Gasteiger partial charge is 0.331 e. The average molecular weight is 127 g/mol. The monoisotopic (exact) mass is 127 g/mol. The summed E-state index contributed by atoms with van der Waals surface area (Å²) in [6.07, 6.45) is 1.17. The Balaban J connectivity index is 2.02. The highest BCUT2D eigenvalue weighted by molar-refractivity contribution is 5.81. The summed E-state index contributed by atoms with van der Waals surface area (Å²) in [6.45, 7) is 5.78. The molecule has 1 heterocycles. The lowest BCUT2D eigenvalue weighted by Crippen LogP contribution is -2.08. The molecule has 0 atom stereocenters. The van der Waals surface area contributed by atoms with E-state index in [0.717, 1.165) is 13.1 Å². The maximum absolute atomic E-state index is 10.4. The van der Waals surface area contributed by atoms with Crippen molar-refractivity contribution >= 4 is 5.97 Å². The maximum Gasteiger partial charge on any atom is 0.331 e. The van der Waals surface area contributed by atoms with Gasteiger partial charge in [0, 0.05) is 19.2 Å². The second-order valence-electron chi connectivity index (χ2n) is 1.91. The Morgan fingerprint density at radius 1 is 1.78 bits per heavy atom. The van der Waals surface area contributed by atoms with Gasteiger partial charge in [-0.25, -0.2) is 4.79 Å². The first-order valence-corrected chi connectivity index (χ1v) is 2.84. The standard InChI is InChI=1S/C6H9NO2/c1-2-6(8)9-5-7-3-4-7/h2H,1,3-5H2. The van der Waals surface area contributed by atoms with Gasteiger partial charge < -0.3 is 4.74 Å². The Hall–Kier alpha value is -0.830. The predicted molar refractivity (Wildman–Crippen MR) is 32.7 cm³/mol. The summed E-state index contributed by atoms with van der Waals surface area (Å²) in [5.41, 5.74) is 0. The minimum absolute atomic E-state index is 0.345. The van der Waals surface area contributed by atoms with Crippen molar-refractivity contribution < 1.29 is 9.53 Å². The molecule has 0 amide bonds. The van der Waals surface area contributed by atoms with Gasteiger partial charge in [-0.05, 0) is 0 Å². The highest BCUT2D eigenvalue weighted by atomic mass is 16.5. The normalized spacial score (nSPS) is 16.9. The minimum Gasteiger partial charge on any atom is -0.446 e. The molecule has 3 nitrogen and oxygen atoms in total. The molecule has 0 unspecified atom stereocenters. The lowest BCUT2D eigenvalue weighted by atomic mass is 10.7. The van der Waals surface area contributed by atoms with Crippen molar-refractivity contribution in [1.29, 1.82) is 0 Å². The van der Waals surface area contributed by atoms with E-state index in [1.807, 2.05) is 4.90 Å². The topological polar surface area (TPSA) is 29.3 Å². The van der Waals surface area contributed by atoms with Gasteiger partial charge in [0.25, 0.3) is 0 Å². The quantitative estimate of drug-likeness (QED) is 0.303. The molecule has 1 aliphatic rings. The maximum atomic E-state index is 10.4. The van der Waals surface area contributed by atoms with E-state index >= 15 is 0 Å². The lowest BCUT2D eigenvalue weighted by molar-refractivity contribution is -0.140. The largest absolute Gasteiger partial charge is 0.446 e. The summed E-state index contributed by atoms with van der Waals surface area (Å²) >= 11 is 0. The number of nitrogens with zero attached hydrogens (tertiary/aromatic N) is 1. The van der Waals surface area contributed by atoms with Gasteiger partial charge in [0.05, 0.1) is 0 Å². The molecule has 0 radical (unpaired) electrons. The van der Waals surface area contributed by atoms with Gasteiger partial charge in [0.1, 0.15) is 6.73 Å². The van der Waals surface area contributed by atoms with Crippen molar-refractivity contribution in [3.63, 3.8) is 0 Å². The molecule has 9 heavy (non-hydrogen) atoms. The number of esters is 1. The van der Waals surface area contributed by atoms with Gasteiger partial charge in [0.15, 0.2) is 0 Å². The zero-order valence-electron chi connectivity index (χ0n) is 5.17. The zero-order chi connectivity index (χ0) is 6.69. The molecule has 1 fully saturated rings. The molecule has 0 aliphatic carbocycles. The van der Waals surface area contributed by atoms with E-state index in [0.29, 0.717) is 6.73 Å². The van der Waals surface area contributed by atoms with Crippen LogP contribution in [0.15, 0.2) is 12.7 Å². The lowest BCUT2D eigenvalue weighted by Gasteiger charge is -1.98. The zero-order valence-corrected chi connectivity index (χ0v) is 5.17. The number of rotatable bonds is 3. The number of carbonyl (C=O) groups excluding carboxylic acids is 1. The van der Waals surface area contributed by atoms with Crippen LogP contribution in [-0.4, -0.2) is 30.7 Å². The van der Waals surface area contributed by atoms with Crippen LogP contribution in [0.3, 0.4) is 0 Å². The van der Waals surface area contributed by atoms with Crippen LogP contribution in [0.4, 0.5) is 0 Å². The minimum atomic E-state index is -0.345. The molecule has 0 aromatic heterocycles. The number of hydrogen-bond donors (Lipinski definition) is 0. The first-order valence-electron chi connectivity index (χ1n) is 2.84. The first-order chi connectivity index (χ1) is 4.33. The van der Waals surface area contributed by atoms with Crippen LogP contribution < -0.4 is 0 Å². The van der Waals surface area contributed by atoms with Crippen LogP contribution in [0, 0.1) is 0 Å². The summed E-state index contributed by atoms with van der Waals surface area (Å²) in [6, 6.07) is 0. The van der Waals surface area contributed by atoms with E-state index < -0.39 is 0 Å². The third-order valence-electron chi connectivity index (χ3n) is 1.10. The van der Waals surface area contributed by atoms with E-state index in [-0.39, 0.29) is 5.97 Å². The molecule has 1 aliphatic heterocycles. The molecule has 0 saturated carbocycles. The Morgan fingerprint density at radius 2 is 2.44 bits per heavy atom. The van der Waals surface area contributed by atoms with Gasteiger partial charge in [-0.3, -0.25) is 4.90 Å². The second kappa shape index (κ2) is 2.64. The van der Waals surface area contributed by atoms with Crippen molar-refractivity contribution in [2.45, 2.75) is 0 Å². The summed E-state index contributed by atoms with van der Waals surface area (Å²) in [5.74, 6) is -0.345. The summed E-state index contributed by atoms with van der Waals surface area (Å²) in [5, 5.41) is 0. The molecule has 3 heteroatoms. The fourth-order valence-electron chi connectivity index (χ4n) is 0.414. The van der Waals surface area contributed by atoms with Crippen molar-refractivity contribution in [2.75, 3.05) is 19.8 Å². The highest BCUT2D eigenvalue weighted by Gasteiger charge is 2.17. The van der Waals surface area contributed by atoms with Crippen molar-refractivity contribution in [3.05, 3.63) is 12.7 Å². The van der Waals surface area contributed by atoms with Gasteiger partial charge in [-0.2, -0.15) is 0 Å². The van der Waals surface area contributed by atoms with Crippen molar-refractivity contribution in [3.8, 4) is 0 Å². The van der Waals surface area contributed by atoms with Crippen LogP contribution in [0.25, 0.3) is 0 Å². The van der Waals surface area contributed by atoms with Crippen LogP contribution >= 0.6 is 0 Å². The third-order valence-corrected chi connectivity index (χ3v) is 1.10. The summed E-state index contributed by atoms with van der Waals surface area (Å²) in [4.78, 5) is 12.4. The first kappa shape index (κ1) is 6.29. The van der Waals surface area contributed by atoms with Gasteiger partial charge in [-0.15, -0.1) is 0 Å².